The third-order valence-corrected chi connectivity index (χ3v) is 6.99. The molecule has 1 N–H and O–H groups in total. The number of benzene rings is 2. The smallest absolute Gasteiger partial charge is 0.252 e. The molecule has 0 aliphatic carbocycles. The number of rotatable bonds is 5. The number of methoxy groups -OCH3 is 1. The van der Waals surface area contributed by atoms with Gasteiger partial charge in [-0.05, 0) is 65.2 Å². The summed E-state index contributed by atoms with van der Waals surface area (Å²) in [5, 5.41) is 12.0. The van der Waals surface area contributed by atoms with Gasteiger partial charge >= 0.3 is 0 Å². The molecule has 2 aromatic carbocycles. The molecule has 1 aliphatic rings. The molecule has 1 atom stereocenters. The van der Waals surface area contributed by atoms with Crippen LogP contribution in [0.2, 0.25) is 5.02 Å². The number of halogens is 2. The van der Waals surface area contributed by atoms with Crippen LogP contribution in [-0.4, -0.2) is 41.9 Å². The number of nitrogens with one attached hydrogen (secondary N) is 1. The molecule has 6 rings (SSSR count). The van der Waals surface area contributed by atoms with Gasteiger partial charge in [-0.2, -0.15) is 4.68 Å². The number of ether oxygens (including phenoxy) is 1. The molecular weight excluding hydrogens is 546 g/mol. The van der Waals surface area contributed by atoms with E-state index in [0.717, 1.165) is 56.9 Å². The van der Waals surface area contributed by atoms with Gasteiger partial charge in [-0.15, -0.1) is 5.10 Å². The van der Waals surface area contributed by atoms with E-state index in [1.165, 1.54) is 6.33 Å². The lowest BCUT2D eigenvalue weighted by Crippen LogP contribution is -2.23. The first-order chi connectivity index (χ1) is 17.5. The highest BCUT2D eigenvalue weighted by Crippen LogP contribution is 2.36. The number of nitrogens with zero attached hydrogens (tertiary/aromatic N) is 6. The monoisotopic (exact) mass is 562 g/mol. The van der Waals surface area contributed by atoms with Crippen LogP contribution in [0.4, 0.5) is 0 Å². The van der Waals surface area contributed by atoms with E-state index in [1.807, 2.05) is 24.3 Å². The number of H-pyrrole nitrogens is 1. The zero-order valence-electron chi connectivity index (χ0n) is 18.9. The van der Waals surface area contributed by atoms with Crippen molar-refractivity contribution in [1.29, 1.82) is 0 Å². The molecule has 0 bridgehead atoms. The third-order valence-electron chi connectivity index (χ3n) is 6.30. The minimum absolute atomic E-state index is 0.111. The number of aryl methyl sites for hydroxylation is 1. The fourth-order valence-electron chi connectivity index (χ4n) is 4.69. The average molecular weight is 564 g/mol. The molecule has 1 radical (unpaired) electrons. The van der Waals surface area contributed by atoms with Crippen LogP contribution in [0, 0.1) is 6.07 Å². The van der Waals surface area contributed by atoms with Crippen LogP contribution in [0.3, 0.4) is 0 Å². The number of aromatic amines is 1. The molecule has 179 valence electrons. The molecule has 0 spiro atoms. The van der Waals surface area contributed by atoms with E-state index in [2.05, 4.69) is 47.5 Å². The van der Waals surface area contributed by atoms with Crippen LogP contribution in [0.5, 0.6) is 5.75 Å². The van der Waals surface area contributed by atoms with E-state index in [-0.39, 0.29) is 11.6 Å². The van der Waals surface area contributed by atoms with Crippen LogP contribution in [-0.2, 0) is 6.42 Å². The Morgan fingerprint density at radius 3 is 2.92 bits per heavy atom. The first kappa shape index (κ1) is 22.7. The van der Waals surface area contributed by atoms with E-state index in [9.17, 15) is 4.79 Å². The Morgan fingerprint density at radius 1 is 1.22 bits per heavy atom. The zero-order valence-corrected chi connectivity index (χ0v) is 21.3. The van der Waals surface area contributed by atoms with Crippen molar-refractivity contribution in [2.24, 2.45) is 0 Å². The Morgan fingerprint density at radius 2 is 2.11 bits per heavy atom. The lowest BCUT2D eigenvalue weighted by molar-refractivity contribution is 0.416. The molecule has 11 heteroatoms. The normalized spacial score (nSPS) is 14.7. The van der Waals surface area contributed by atoms with Gasteiger partial charge in [-0.3, -0.25) is 4.79 Å². The van der Waals surface area contributed by atoms with Crippen molar-refractivity contribution in [2.45, 2.75) is 18.9 Å². The maximum Gasteiger partial charge on any atom is 0.252 e. The van der Waals surface area contributed by atoms with E-state index < -0.39 is 0 Å². The molecule has 0 saturated carbocycles. The number of imidazole rings is 1. The number of hydrogen-bond acceptors (Lipinski definition) is 6. The molecule has 4 heterocycles. The van der Waals surface area contributed by atoms with Crippen LogP contribution in [0.25, 0.3) is 28.1 Å². The predicted molar refractivity (Wildman–Crippen MR) is 137 cm³/mol. The van der Waals surface area contributed by atoms with Gasteiger partial charge in [0.25, 0.3) is 5.56 Å². The van der Waals surface area contributed by atoms with Gasteiger partial charge in [0.1, 0.15) is 17.9 Å². The molecular formula is C25H18BrClN7O2. The lowest BCUT2D eigenvalue weighted by Gasteiger charge is -2.15. The summed E-state index contributed by atoms with van der Waals surface area (Å²) in [6.07, 6.45) is 4.77. The molecule has 1 aliphatic heterocycles. The molecule has 0 saturated heterocycles. The van der Waals surface area contributed by atoms with Crippen molar-refractivity contribution in [3.05, 3.63) is 92.4 Å². The summed E-state index contributed by atoms with van der Waals surface area (Å²) < 4.78 is 9.66. The Hall–Kier alpha value is -3.76. The van der Waals surface area contributed by atoms with Gasteiger partial charge in [-0.25, -0.2) is 4.98 Å². The minimum Gasteiger partial charge on any atom is -0.496 e. The van der Waals surface area contributed by atoms with Crippen LogP contribution < -0.4 is 10.3 Å². The Kier molecular flexibility index (Phi) is 5.69. The standard InChI is InChI=1S/C25H18BrClN7O2/c1-36-23-7-2-15(26)10-19(23)20-12-28-25(30-20)22-6-4-17-8-14(9-24(35)34(17)22)18-11-16(27)3-5-21(18)33-13-29-31-32-33/h3,5,7-13,22H,4,6H2,1H3,(H,28,30)/t22-/m0/s1. The van der Waals surface area contributed by atoms with Crippen molar-refractivity contribution in [3.63, 3.8) is 0 Å². The van der Waals surface area contributed by atoms with Crippen LogP contribution >= 0.6 is 27.5 Å². The van der Waals surface area contributed by atoms with E-state index in [0.29, 0.717) is 10.8 Å². The summed E-state index contributed by atoms with van der Waals surface area (Å²) >= 11 is 9.77. The van der Waals surface area contributed by atoms with Gasteiger partial charge in [-0.1, -0.05) is 27.5 Å². The molecule has 3 aromatic heterocycles. The van der Waals surface area contributed by atoms with Gasteiger partial charge < -0.3 is 14.3 Å². The van der Waals surface area contributed by atoms with Crippen molar-refractivity contribution in [1.82, 2.24) is 34.7 Å². The summed E-state index contributed by atoms with van der Waals surface area (Å²) in [4.78, 5) is 21.4. The summed E-state index contributed by atoms with van der Waals surface area (Å²) in [6, 6.07) is 15.6. The van der Waals surface area contributed by atoms with E-state index >= 15 is 0 Å². The highest BCUT2D eigenvalue weighted by Gasteiger charge is 2.28. The summed E-state index contributed by atoms with van der Waals surface area (Å²) in [6.45, 7) is 0. The Labute approximate surface area is 218 Å². The quantitative estimate of drug-likeness (QED) is 0.334. The average Bonchev–Trinajstić information content (AvgIpc) is 3.64. The van der Waals surface area contributed by atoms with E-state index in [1.54, 1.807) is 40.8 Å². The van der Waals surface area contributed by atoms with E-state index in [4.69, 9.17) is 16.3 Å². The van der Waals surface area contributed by atoms with Crippen LogP contribution in [0.15, 0.2) is 64.3 Å². The summed E-state index contributed by atoms with van der Waals surface area (Å²) in [5.41, 5.74) is 4.75. The molecule has 0 amide bonds. The number of pyridine rings is 1. The third kappa shape index (κ3) is 3.92. The second-order valence-electron chi connectivity index (χ2n) is 8.36. The largest absolute Gasteiger partial charge is 0.496 e. The second-order valence-corrected chi connectivity index (χ2v) is 9.65. The summed E-state index contributed by atoms with van der Waals surface area (Å²) in [5.74, 6) is 1.41. The Bertz CT molecular complexity index is 1640. The first-order valence-electron chi connectivity index (χ1n) is 11.1. The number of hydrogen-bond donors (Lipinski definition) is 1. The number of fused-ring (bicyclic) bond motifs is 1. The topological polar surface area (TPSA) is 104 Å². The van der Waals surface area contributed by atoms with Crippen LogP contribution in [0.1, 0.15) is 24.0 Å². The SMILES string of the molecule is COc1c[c]c(Br)cc1-c1cnc([C@@H]2CCc3cc(-c4cc(Cl)ccc4-n4cnnn4)cc(=O)n32)[nH]1. The van der Waals surface area contributed by atoms with Gasteiger partial charge in [0.05, 0.1) is 30.7 Å². The minimum atomic E-state index is -0.196. The maximum absolute atomic E-state index is 13.4. The molecule has 9 nitrogen and oxygen atoms in total. The summed E-state index contributed by atoms with van der Waals surface area (Å²) in [7, 11) is 1.62. The molecule has 36 heavy (non-hydrogen) atoms. The second kappa shape index (κ2) is 9.03. The fourth-order valence-corrected chi connectivity index (χ4v) is 5.21. The first-order valence-corrected chi connectivity index (χ1v) is 12.3. The Balaban J connectivity index is 1.39. The number of tetrazole rings is 1. The van der Waals surface area contributed by atoms with Crippen molar-refractivity contribution >= 4 is 27.5 Å². The highest BCUT2D eigenvalue weighted by atomic mass is 79.9. The zero-order chi connectivity index (χ0) is 24.8. The van der Waals surface area contributed by atoms with Gasteiger partial charge in [0.15, 0.2) is 0 Å². The molecule has 5 aromatic rings. The van der Waals surface area contributed by atoms with Crippen molar-refractivity contribution in [3.8, 4) is 33.8 Å². The van der Waals surface area contributed by atoms with Crippen molar-refractivity contribution < 1.29 is 4.74 Å². The molecule has 0 fully saturated rings. The lowest BCUT2D eigenvalue weighted by atomic mass is 10.0. The molecule has 0 unspecified atom stereocenters. The van der Waals surface area contributed by atoms with Gasteiger partial charge in [0.2, 0.25) is 0 Å². The predicted octanol–water partition coefficient (Wildman–Crippen LogP) is 4.64. The number of aromatic nitrogens is 7. The van der Waals surface area contributed by atoms with Gasteiger partial charge in [0, 0.05) is 38.4 Å². The maximum atomic E-state index is 13.4. The van der Waals surface area contributed by atoms with Crippen molar-refractivity contribution in [2.75, 3.05) is 7.11 Å². The fraction of sp³-hybridized carbons (Fsp3) is 0.160. The highest BCUT2D eigenvalue weighted by molar-refractivity contribution is 9.10.